The standard InChI is InChI=1S/C14H21N3O3/c1-5-15-11-8-12(14(11,3)4)20-10-7-6-9(2)16-13(10)17(18)19/h6-7,11-12,15H,5,8H2,1-4H3. The number of ether oxygens (including phenoxy) is 1. The number of nitro groups is 1. The Labute approximate surface area is 118 Å². The van der Waals surface area contributed by atoms with Crippen molar-refractivity contribution in [2.45, 2.75) is 46.3 Å². The molecule has 1 aliphatic rings. The summed E-state index contributed by atoms with van der Waals surface area (Å²) in [6, 6.07) is 3.75. The number of aromatic nitrogens is 1. The number of rotatable bonds is 5. The first-order valence-electron chi connectivity index (χ1n) is 6.88. The van der Waals surface area contributed by atoms with E-state index in [0.29, 0.717) is 11.7 Å². The molecule has 6 heteroatoms. The summed E-state index contributed by atoms with van der Waals surface area (Å²) in [6.07, 6.45) is 0.820. The van der Waals surface area contributed by atoms with Gasteiger partial charge in [-0.1, -0.05) is 20.8 Å². The van der Waals surface area contributed by atoms with E-state index in [0.717, 1.165) is 13.0 Å². The number of hydrogen-bond donors (Lipinski definition) is 1. The molecular weight excluding hydrogens is 258 g/mol. The maximum atomic E-state index is 11.0. The molecule has 0 amide bonds. The van der Waals surface area contributed by atoms with Crippen molar-refractivity contribution < 1.29 is 9.66 Å². The summed E-state index contributed by atoms with van der Waals surface area (Å²) < 4.78 is 5.85. The van der Waals surface area contributed by atoms with Gasteiger partial charge in [0.1, 0.15) is 11.8 Å². The summed E-state index contributed by atoms with van der Waals surface area (Å²) in [5.41, 5.74) is 0.567. The third-order valence-corrected chi connectivity index (χ3v) is 4.05. The Hall–Kier alpha value is -1.69. The molecule has 1 aliphatic carbocycles. The van der Waals surface area contributed by atoms with Gasteiger partial charge >= 0.3 is 5.82 Å². The normalized spacial score (nSPS) is 24.0. The van der Waals surface area contributed by atoms with E-state index in [-0.39, 0.29) is 23.1 Å². The van der Waals surface area contributed by atoms with E-state index in [4.69, 9.17) is 4.74 Å². The van der Waals surface area contributed by atoms with Crippen molar-refractivity contribution in [3.63, 3.8) is 0 Å². The number of pyridine rings is 1. The van der Waals surface area contributed by atoms with Crippen molar-refractivity contribution in [1.29, 1.82) is 0 Å². The van der Waals surface area contributed by atoms with E-state index in [1.807, 2.05) is 0 Å². The lowest BCUT2D eigenvalue weighted by molar-refractivity contribution is -0.391. The van der Waals surface area contributed by atoms with E-state index >= 15 is 0 Å². The Morgan fingerprint density at radius 1 is 1.55 bits per heavy atom. The minimum absolute atomic E-state index is 0.0326. The van der Waals surface area contributed by atoms with Gasteiger partial charge in [0, 0.05) is 24.8 Å². The third-order valence-electron chi connectivity index (χ3n) is 4.05. The van der Waals surface area contributed by atoms with Crippen LogP contribution in [-0.4, -0.2) is 28.6 Å². The van der Waals surface area contributed by atoms with E-state index in [9.17, 15) is 10.1 Å². The quantitative estimate of drug-likeness (QED) is 0.661. The van der Waals surface area contributed by atoms with Crippen LogP contribution in [0.3, 0.4) is 0 Å². The van der Waals surface area contributed by atoms with Crippen LogP contribution in [0.2, 0.25) is 0 Å². The molecule has 0 bridgehead atoms. The predicted molar refractivity (Wildman–Crippen MR) is 75.9 cm³/mol. The molecule has 1 heterocycles. The molecule has 1 aromatic heterocycles. The second kappa shape index (κ2) is 5.36. The highest BCUT2D eigenvalue weighted by Crippen LogP contribution is 2.44. The van der Waals surface area contributed by atoms with E-state index in [1.54, 1.807) is 19.1 Å². The molecule has 0 spiro atoms. The molecule has 0 radical (unpaired) electrons. The van der Waals surface area contributed by atoms with Crippen LogP contribution in [-0.2, 0) is 0 Å². The molecule has 20 heavy (non-hydrogen) atoms. The van der Waals surface area contributed by atoms with Crippen LogP contribution >= 0.6 is 0 Å². The van der Waals surface area contributed by atoms with Gasteiger partial charge in [0.05, 0.1) is 0 Å². The number of nitrogens with one attached hydrogen (secondary N) is 1. The molecule has 0 aromatic carbocycles. The van der Waals surface area contributed by atoms with Crippen molar-refractivity contribution in [2.75, 3.05) is 6.54 Å². The first-order chi connectivity index (χ1) is 9.36. The molecule has 1 N–H and O–H groups in total. The molecule has 1 aromatic rings. The molecule has 110 valence electrons. The van der Waals surface area contributed by atoms with Crippen molar-refractivity contribution in [2.24, 2.45) is 5.41 Å². The lowest BCUT2D eigenvalue weighted by atomic mass is 9.64. The highest BCUT2D eigenvalue weighted by molar-refractivity contribution is 5.40. The highest BCUT2D eigenvalue weighted by Gasteiger charge is 2.50. The zero-order valence-corrected chi connectivity index (χ0v) is 12.3. The Kier molecular flexibility index (Phi) is 3.94. The number of nitrogens with zero attached hydrogens (tertiary/aromatic N) is 2. The van der Waals surface area contributed by atoms with Crippen LogP contribution in [0.1, 0.15) is 32.9 Å². The Morgan fingerprint density at radius 2 is 2.25 bits per heavy atom. The average molecular weight is 279 g/mol. The van der Waals surface area contributed by atoms with Gasteiger partial charge in [0.2, 0.25) is 5.75 Å². The topological polar surface area (TPSA) is 77.3 Å². The van der Waals surface area contributed by atoms with Gasteiger partial charge in [0.25, 0.3) is 0 Å². The van der Waals surface area contributed by atoms with Gasteiger partial charge in [0.15, 0.2) is 0 Å². The van der Waals surface area contributed by atoms with Crippen molar-refractivity contribution in [3.8, 4) is 5.75 Å². The summed E-state index contributed by atoms with van der Waals surface area (Å²) >= 11 is 0. The molecule has 1 fully saturated rings. The summed E-state index contributed by atoms with van der Waals surface area (Å²) in [4.78, 5) is 14.5. The van der Waals surface area contributed by atoms with Crippen LogP contribution in [0, 0.1) is 22.5 Å². The lowest BCUT2D eigenvalue weighted by Crippen LogP contribution is -2.62. The molecule has 1 saturated carbocycles. The fraction of sp³-hybridized carbons (Fsp3) is 0.643. The number of aryl methyl sites for hydroxylation is 1. The Bertz CT molecular complexity index is 516. The van der Waals surface area contributed by atoms with Gasteiger partial charge in [-0.05, 0) is 28.6 Å². The van der Waals surface area contributed by atoms with E-state index in [2.05, 4.69) is 31.1 Å². The second-order valence-electron chi connectivity index (χ2n) is 5.81. The predicted octanol–water partition coefficient (Wildman–Crippen LogP) is 2.45. The van der Waals surface area contributed by atoms with Gasteiger partial charge in [-0.25, -0.2) is 0 Å². The minimum Gasteiger partial charge on any atom is -0.482 e. The summed E-state index contributed by atoms with van der Waals surface area (Å²) in [6.45, 7) is 8.93. The molecule has 0 saturated heterocycles. The van der Waals surface area contributed by atoms with E-state index < -0.39 is 4.92 Å². The molecule has 2 unspecified atom stereocenters. The molecule has 2 atom stereocenters. The van der Waals surface area contributed by atoms with Gasteiger partial charge in [-0.15, -0.1) is 0 Å². The first-order valence-corrected chi connectivity index (χ1v) is 6.88. The second-order valence-corrected chi connectivity index (χ2v) is 5.81. The molecule has 6 nitrogen and oxygen atoms in total. The van der Waals surface area contributed by atoms with Crippen LogP contribution in [0.25, 0.3) is 0 Å². The van der Waals surface area contributed by atoms with Crippen LogP contribution in [0.4, 0.5) is 5.82 Å². The van der Waals surface area contributed by atoms with Crippen LogP contribution in [0.15, 0.2) is 12.1 Å². The van der Waals surface area contributed by atoms with Crippen LogP contribution in [0.5, 0.6) is 5.75 Å². The Balaban J connectivity index is 2.14. The van der Waals surface area contributed by atoms with Crippen molar-refractivity contribution in [1.82, 2.24) is 10.3 Å². The average Bonchev–Trinajstić information content (AvgIpc) is 2.39. The zero-order chi connectivity index (χ0) is 14.9. The van der Waals surface area contributed by atoms with E-state index in [1.165, 1.54) is 0 Å². The van der Waals surface area contributed by atoms with Crippen molar-refractivity contribution >= 4 is 5.82 Å². The molecular formula is C14H21N3O3. The lowest BCUT2D eigenvalue weighted by Gasteiger charge is -2.51. The Morgan fingerprint density at radius 3 is 2.80 bits per heavy atom. The monoisotopic (exact) mass is 279 g/mol. The molecule has 2 rings (SSSR count). The van der Waals surface area contributed by atoms with Gasteiger partial charge in [-0.3, -0.25) is 0 Å². The maximum absolute atomic E-state index is 11.0. The summed E-state index contributed by atoms with van der Waals surface area (Å²) in [5.74, 6) is 0.0568. The first kappa shape index (κ1) is 14.7. The molecule has 0 aliphatic heterocycles. The maximum Gasteiger partial charge on any atom is 0.406 e. The summed E-state index contributed by atoms with van der Waals surface area (Å²) in [5, 5.41) is 14.4. The fourth-order valence-electron chi connectivity index (χ4n) is 2.58. The van der Waals surface area contributed by atoms with Crippen molar-refractivity contribution in [3.05, 3.63) is 27.9 Å². The zero-order valence-electron chi connectivity index (χ0n) is 12.3. The van der Waals surface area contributed by atoms with Gasteiger partial charge < -0.3 is 20.2 Å². The highest BCUT2D eigenvalue weighted by atomic mass is 16.6. The fourth-order valence-corrected chi connectivity index (χ4v) is 2.58. The minimum atomic E-state index is -0.490. The summed E-state index contributed by atoms with van der Waals surface area (Å²) in [7, 11) is 0. The smallest absolute Gasteiger partial charge is 0.406 e. The van der Waals surface area contributed by atoms with Gasteiger partial charge in [-0.2, -0.15) is 0 Å². The number of hydrogen-bond acceptors (Lipinski definition) is 5. The largest absolute Gasteiger partial charge is 0.482 e. The third kappa shape index (κ3) is 2.60. The SMILES string of the molecule is CCNC1CC(Oc2ccc(C)nc2[N+](=O)[O-])C1(C)C. The van der Waals surface area contributed by atoms with Crippen LogP contribution < -0.4 is 10.1 Å².